The fraction of sp³-hybridized carbons (Fsp3) is 0.350. The van der Waals surface area contributed by atoms with Gasteiger partial charge in [-0.25, -0.2) is 13.6 Å². The number of benzene rings is 2. The van der Waals surface area contributed by atoms with Gasteiger partial charge in [0.05, 0.1) is 11.0 Å². The lowest BCUT2D eigenvalue weighted by molar-refractivity contribution is 0.0895. The van der Waals surface area contributed by atoms with Crippen LogP contribution < -0.4 is 10.5 Å². The normalized spacial score (nSPS) is 18.2. The Balaban J connectivity index is 1.61. The molecule has 2 aromatic carbocycles. The highest BCUT2D eigenvalue weighted by Crippen LogP contribution is 2.25. The molecule has 0 radical (unpaired) electrons. The molecular weight excluding hydrogens is 364 g/mol. The van der Waals surface area contributed by atoms with Crippen LogP contribution >= 0.6 is 0 Å². The molecule has 0 aliphatic heterocycles. The van der Waals surface area contributed by atoms with Gasteiger partial charge < -0.3 is 10.4 Å². The van der Waals surface area contributed by atoms with Crippen molar-refractivity contribution >= 4 is 15.8 Å². The Morgan fingerprint density at radius 1 is 1.26 bits per heavy atom. The minimum Gasteiger partial charge on any atom is -0.387 e. The molecule has 0 aromatic heterocycles. The fourth-order valence-corrected chi connectivity index (χ4v) is 4.31. The molecule has 4 N–H and O–H groups in total. The summed E-state index contributed by atoms with van der Waals surface area (Å²) in [6.07, 6.45) is 0.753. The van der Waals surface area contributed by atoms with E-state index in [2.05, 4.69) is 5.32 Å². The van der Waals surface area contributed by atoms with Crippen LogP contribution in [0.1, 0.15) is 39.6 Å². The number of Topliss-reactive ketones (excluding diaryl/α,β-unsaturated/α-hetero) is 1. The highest BCUT2D eigenvalue weighted by atomic mass is 32.2. The highest BCUT2D eigenvalue weighted by molar-refractivity contribution is 7.89. The largest absolute Gasteiger partial charge is 0.387 e. The number of aliphatic hydroxyl groups excluding tert-OH is 1. The van der Waals surface area contributed by atoms with E-state index >= 15 is 0 Å². The highest BCUT2D eigenvalue weighted by Gasteiger charge is 2.26. The number of aliphatic hydroxyl groups is 1. The lowest BCUT2D eigenvalue weighted by Gasteiger charge is -2.24. The molecule has 0 saturated carbocycles. The van der Waals surface area contributed by atoms with Gasteiger partial charge in [-0.1, -0.05) is 36.4 Å². The smallest absolute Gasteiger partial charge is 0.238 e. The number of ketones is 1. The van der Waals surface area contributed by atoms with Crippen molar-refractivity contribution in [2.75, 3.05) is 13.1 Å². The second kappa shape index (κ2) is 7.90. The van der Waals surface area contributed by atoms with Crippen molar-refractivity contribution in [1.29, 1.82) is 0 Å². The van der Waals surface area contributed by atoms with E-state index in [1.165, 1.54) is 6.07 Å². The van der Waals surface area contributed by atoms with Gasteiger partial charge in [-0.15, -0.1) is 0 Å². The van der Waals surface area contributed by atoms with E-state index in [-0.39, 0.29) is 23.1 Å². The molecule has 2 aromatic rings. The van der Waals surface area contributed by atoms with Crippen molar-refractivity contribution in [3.63, 3.8) is 0 Å². The van der Waals surface area contributed by atoms with Crippen molar-refractivity contribution in [2.45, 2.75) is 30.8 Å². The van der Waals surface area contributed by atoms with Gasteiger partial charge in [-0.3, -0.25) is 4.79 Å². The second-order valence-corrected chi connectivity index (χ2v) is 8.53. The minimum absolute atomic E-state index is 0.0121. The van der Waals surface area contributed by atoms with Crippen LogP contribution in [0.25, 0.3) is 0 Å². The molecule has 0 amide bonds. The Kier molecular flexibility index (Phi) is 5.76. The molecule has 1 aliphatic rings. The third kappa shape index (κ3) is 4.44. The summed E-state index contributed by atoms with van der Waals surface area (Å²) in [6, 6.07) is 12.4. The number of hydrogen-bond acceptors (Lipinski definition) is 5. The molecule has 1 aliphatic carbocycles. The number of rotatable bonds is 6. The van der Waals surface area contributed by atoms with E-state index in [1.807, 2.05) is 24.3 Å². The maximum atomic E-state index is 12.6. The predicted molar refractivity (Wildman–Crippen MR) is 103 cm³/mol. The molecule has 0 heterocycles. The average Bonchev–Trinajstić information content (AvgIpc) is 2.63. The first-order valence-electron chi connectivity index (χ1n) is 8.91. The lowest BCUT2D eigenvalue weighted by atomic mass is 9.83. The molecule has 0 fully saturated rings. The summed E-state index contributed by atoms with van der Waals surface area (Å²) in [7, 11) is -3.84. The molecule has 0 unspecified atom stereocenters. The first kappa shape index (κ1) is 19.7. The number of carbonyl (C=O) groups excluding carboxylic acids is 1. The first-order valence-corrected chi connectivity index (χ1v) is 10.5. The number of aryl methyl sites for hydroxylation is 2. The average molecular weight is 388 g/mol. The number of carbonyl (C=O) groups is 1. The van der Waals surface area contributed by atoms with Crippen LogP contribution in [0, 0.1) is 12.8 Å². The van der Waals surface area contributed by atoms with Crippen molar-refractivity contribution < 1.29 is 18.3 Å². The van der Waals surface area contributed by atoms with E-state index in [1.54, 1.807) is 19.1 Å². The molecule has 0 spiro atoms. The van der Waals surface area contributed by atoms with Gasteiger partial charge in [0.25, 0.3) is 0 Å². The van der Waals surface area contributed by atoms with Gasteiger partial charge in [0.1, 0.15) is 0 Å². The summed E-state index contributed by atoms with van der Waals surface area (Å²) >= 11 is 0. The summed E-state index contributed by atoms with van der Waals surface area (Å²) in [5.74, 6) is 0.00999. The zero-order valence-electron chi connectivity index (χ0n) is 15.2. The summed E-state index contributed by atoms with van der Waals surface area (Å²) in [5, 5.41) is 18.7. The monoisotopic (exact) mass is 388 g/mol. The first-order chi connectivity index (χ1) is 12.8. The standard InChI is InChI=1S/C20H24N2O4S/c1-13-6-7-15(10-19(13)27(21,25)26)18(23)12-22-11-16-9-8-14-4-2-3-5-17(14)20(16)24/h2-7,10,16,18,22-23H,8-9,11-12H2,1H3,(H2,21,25,26)/t16-,18+/m0/s1. The third-order valence-electron chi connectivity index (χ3n) is 5.05. The molecule has 3 rings (SSSR count). The Hall–Kier alpha value is -2.06. The summed E-state index contributed by atoms with van der Waals surface area (Å²) in [4.78, 5) is 12.6. The second-order valence-electron chi connectivity index (χ2n) is 7.00. The third-order valence-corrected chi connectivity index (χ3v) is 6.10. The van der Waals surface area contributed by atoms with E-state index in [9.17, 15) is 18.3 Å². The molecule has 0 bridgehead atoms. The van der Waals surface area contributed by atoms with Crippen molar-refractivity contribution in [2.24, 2.45) is 11.1 Å². The van der Waals surface area contributed by atoms with Gasteiger partial charge in [-0.05, 0) is 42.5 Å². The molecule has 7 heteroatoms. The van der Waals surface area contributed by atoms with E-state index in [4.69, 9.17) is 5.14 Å². The van der Waals surface area contributed by atoms with E-state index in [0.717, 1.165) is 24.0 Å². The van der Waals surface area contributed by atoms with Crippen LogP contribution in [0.4, 0.5) is 0 Å². The van der Waals surface area contributed by atoms with Crippen LogP contribution in [-0.2, 0) is 16.4 Å². The quantitative estimate of drug-likeness (QED) is 0.698. The van der Waals surface area contributed by atoms with Crippen molar-refractivity contribution in [1.82, 2.24) is 5.32 Å². The summed E-state index contributed by atoms with van der Waals surface area (Å²) < 4.78 is 23.3. The Bertz CT molecular complexity index is 956. The van der Waals surface area contributed by atoms with Crippen LogP contribution in [0.5, 0.6) is 0 Å². The van der Waals surface area contributed by atoms with Crippen molar-refractivity contribution in [3.05, 3.63) is 64.7 Å². The van der Waals surface area contributed by atoms with Crippen LogP contribution in [0.2, 0.25) is 0 Å². The van der Waals surface area contributed by atoms with Crippen molar-refractivity contribution in [3.8, 4) is 0 Å². The van der Waals surface area contributed by atoms with Gasteiger partial charge >= 0.3 is 0 Å². The maximum Gasteiger partial charge on any atom is 0.238 e. The zero-order valence-corrected chi connectivity index (χ0v) is 16.0. The predicted octanol–water partition coefficient (Wildman–Crippen LogP) is 1.71. The topological polar surface area (TPSA) is 109 Å². The van der Waals surface area contributed by atoms with E-state index < -0.39 is 16.1 Å². The van der Waals surface area contributed by atoms with Gasteiger partial charge in [0.15, 0.2) is 5.78 Å². The Morgan fingerprint density at radius 3 is 2.74 bits per heavy atom. The van der Waals surface area contributed by atoms with Crippen LogP contribution in [0.15, 0.2) is 47.4 Å². The Labute approximate surface area is 159 Å². The summed E-state index contributed by atoms with van der Waals surface area (Å²) in [6.45, 7) is 2.34. The molecule has 0 saturated heterocycles. The van der Waals surface area contributed by atoms with Gasteiger partial charge in [0, 0.05) is 24.6 Å². The maximum absolute atomic E-state index is 12.6. The van der Waals surface area contributed by atoms with Gasteiger partial charge in [0.2, 0.25) is 10.0 Å². The molecular formula is C20H24N2O4S. The van der Waals surface area contributed by atoms with E-state index in [0.29, 0.717) is 17.7 Å². The number of nitrogens with one attached hydrogen (secondary N) is 1. The number of nitrogens with two attached hydrogens (primary N) is 1. The number of primary sulfonamides is 1. The molecule has 27 heavy (non-hydrogen) atoms. The van der Waals surface area contributed by atoms with Crippen LogP contribution in [-0.4, -0.2) is 32.4 Å². The minimum atomic E-state index is -3.84. The molecule has 2 atom stereocenters. The molecule has 144 valence electrons. The Morgan fingerprint density at radius 2 is 2.00 bits per heavy atom. The van der Waals surface area contributed by atoms with Gasteiger partial charge in [-0.2, -0.15) is 0 Å². The number of fused-ring (bicyclic) bond motifs is 1. The van der Waals surface area contributed by atoms with Crippen LogP contribution in [0.3, 0.4) is 0 Å². The SMILES string of the molecule is Cc1ccc([C@H](O)CNC[C@@H]2CCc3ccccc3C2=O)cc1S(N)(=O)=O. The fourth-order valence-electron chi connectivity index (χ4n) is 3.50. The lowest BCUT2D eigenvalue weighted by Crippen LogP contribution is -2.34. The number of hydrogen-bond donors (Lipinski definition) is 3. The zero-order chi connectivity index (χ0) is 19.6. The summed E-state index contributed by atoms with van der Waals surface area (Å²) in [5.41, 5.74) is 2.88. The molecule has 6 nitrogen and oxygen atoms in total. The number of sulfonamides is 1.